The average molecular weight is 276 g/mol. The molecular weight excluding hydrogens is 264 g/mol. The topological polar surface area (TPSA) is 86.7 Å². The predicted octanol–water partition coefficient (Wildman–Crippen LogP) is 0.668. The second-order valence-electron chi connectivity index (χ2n) is 5.12. The van der Waals surface area contributed by atoms with Crippen LogP contribution in [0.3, 0.4) is 0 Å². The minimum atomic E-state index is -0.545. The van der Waals surface area contributed by atoms with E-state index in [1.54, 1.807) is 12.2 Å². The highest BCUT2D eigenvalue weighted by Gasteiger charge is 2.40. The second kappa shape index (κ2) is 4.70. The largest absolute Gasteiger partial charge is 0.393 e. The van der Waals surface area contributed by atoms with Gasteiger partial charge < -0.3 is 9.47 Å². The van der Waals surface area contributed by atoms with Crippen molar-refractivity contribution in [1.29, 1.82) is 0 Å². The highest BCUT2D eigenvalue weighted by atomic mass is 16.6. The Morgan fingerprint density at radius 3 is 2.15 bits per heavy atom. The van der Waals surface area contributed by atoms with Crippen molar-refractivity contribution in [2.24, 2.45) is 17.8 Å². The molecule has 0 aromatic rings. The van der Waals surface area contributed by atoms with Crippen molar-refractivity contribution in [3.05, 3.63) is 23.8 Å². The maximum absolute atomic E-state index is 11.5. The lowest BCUT2D eigenvalue weighted by Gasteiger charge is -2.20. The van der Waals surface area contributed by atoms with E-state index in [2.05, 4.69) is 9.47 Å². The van der Waals surface area contributed by atoms with Crippen LogP contribution in [0.15, 0.2) is 23.8 Å². The van der Waals surface area contributed by atoms with Crippen LogP contribution in [0.4, 0.5) is 0 Å². The Hall–Kier alpha value is -2.24. The summed E-state index contributed by atoms with van der Waals surface area (Å²) in [6.07, 6.45) is 6.05. The molecule has 2 fully saturated rings. The zero-order chi connectivity index (χ0) is 14.3. The third-order valence-corrected chi connectivity index (χ3v) is 3.85. The fourth-order valence-electron chi connectivity index (χ4n) is 2.76. The van der Waals surface area contributed by atoms with Gasteiger partial charge in [0.1, 0.15) is 0 Å². The third-order valence-electron chi connectivity index (χ3n) is 3.85. The number of ether oxygens (including phenoxy) is 2. The fraction of sp³-hybridized carbons (Fsp3) is 0.429. The molecule has 3 atom stereocenters. The van der Waals surface area contributed by atoms with Gasteiger partial charge in [-0.3, -0.25) is 19.2 Å². The van der Waals surface area contributed by atoms with E-state index in [1.165, 1.54) is 0 Å². The minimum absolute atomic E-state index is 0.0592. The molecule has 0 amide bonds. The van der Waals surface area contributed by atoms with Crippen LogP contribution in [0.5, 0.6) is 0 Å². The first kappa shape index (κ1) is 12.8. The van der Waals surface area contributed by atoms with Crippen molar-refractivity contribution in [1.82, 2.24) is 0 Å². The Balaban J connectivity index is 1.69. The monoisotopic (exact) mass is 276 g/mol. The van der Waals surface area contributed by atoms with E-state index in [4.69, 9.17) is 0 Å². The number of allylic oxidation sites excluding steroid dienone is 3. The van der Waals surface area contributed by atoms with Crippen molar-refractivity contribution in [2.45, 2.75) is 19.3 Å². The molecule has 104 valence electrons. The van der Waals surface area contributed by atoms with Crippen LogP contribution in [-0.2, 0) is 28.7 Å². The molecule has 0 N–H and O–H groups in total. The first-order valence-corrected chi connectivity index (χ1v) is 6.42. The zero-order valence-electron chi connectivity index (χ0n) is 10.5. The van der Waals surface area contributed by atoms with Gasteiger partial charge in [0.25, 0.3) is 0 Å². The molecule has 0 saturated carbocycles. The fourth-order valence-corrected chi connectivity index (χ4v) is 2.76. The Labute approximate surface area is 114 Å². The van der Waals surface area contributed by atoms with Crippen LogP contribution in [0, 0.1) is 17.8 Å². The highest BCUT2D eigenvalue weighted by molar-refractivity contribution is 5.97. The summed E-state index contributed by atoms with van der Waals surface area (Å²) in [5.74, 6) is -3.12. The van der Waals surface area contributed by atoms with Crippen LogP contribution < -0.4 is 0 Å². The van der Waals surface area contributed by atoms with E-state index >= 15 is 0 Å². The highest BCUT2D eigenvalue weighted by Crippen LogP contribution is 2.34. The zero-order valence-corrected chi connectivity index (χ0v) is 10.5. The summed E-state index contributed by atoms with van der Waals surface area (Å²) in [4.78, 5) is 45.1. The number of carbonyl (C=O) groups excluding carboxylic acids is 4. The average Bonchev–Trinajstić information content (AvgIpc) is 2.92. The molecule has 0 radical (unpaired) electrons. The molecule has 3 unspecified atom stereocenters. The van der Waals surface area contributed by atoms with E-state index in [0.717, 1.165) is 5.57 Å². The maximum atomic E-state index is 11.5. The summed E-state index contributed by atoms with van der Waals surface area (Å²) < 4.78 is 9.05. The number of hydrogen-bond donors (Lipinski definition) is 0. The van der Waals surface area contributed by atoms with E-state index in [-0.39, 0.29) is 18.8 Å². The third kappa shape index (κ3) is 2.17. The molecule has 3 aliphatic rings. The van der Waals surface area contributed by atoms with Gasteiger partial charge in [0, 0.05) is 0 Å². The summed E-state index contributed by atoms with van der Waals surface area (Å²) in [6.45, 7) is 0. The van der Waals surface area contributed by atoms with Crippen LogP contribution in [0.1, 0.15) is 19.3 Å². The van der Waals surface area contributed by atoms with Crippen molar-refractivity contribution in [2.75, 3.05) is 0 Å². The maximum Gasteiger partial charge on any atom is 0.321 e. The number of rotatable bonds is 2. The molecule has 2 aliphatic heterocycles. The SMILES string of the molecule is O=C1CC(C2=CCC(C3CC(=O)OC3=O)C=C2)C(=O)O1. The van der Waals surface area contributed by atoms with E-state index in [0.29, 0.717) is 6.42 Å². The normalized spacial score (nSPS) is 33.2. The molecular formula is C14H12O6. The molecule has 0 spiro atoms. The van der Waals surface area contributed by atoms with Gasteiger partial charge in [0.15, 0.2) is 0 Å². The van der Waals surface area contributed by atoms with Gasteiger partial charge in [-0.05, 0) is 17.9 Å². The molecule has 6 heteroatoms. The first-order valence-electron chi connectivity index (χ1n) is 6.42. The Kier molecular flexibility index (Phi) is 3.00. The predicted molar refractivity (Wildman–Crippen MR) is 63.7 cm³/mol. The number of hydrogen-bond acceptors (Lipinski definition) is 6. The summed E-state index contributed by atoms with van der Waals surface area (Å²) in [5.41, 5.74) is 0.731. The van der Waals surface area contributed by atoms with Crippen molar-refractivity contribution >= 4 is 23.9 Å². The van der Waals surface area contributed by atoms with Gasteiger partial charge in [-0.15, -0.1) is 0 Å². The Bertz CT molecular complexity index is 570. The molecule has 2 saturated heterocycles. The quantitative estimate of drug-likeness (QED) is 0.544. The minimum Gasteiger partial charge on any atom is -0.393 e. The van der Waals surface area contributed by atoms with E-state index in [9.17, 15) is 19.2 Å². The molecule has 0 aromatic heterocycles. The van der Waals surface area contributed by atoms with Crippen LogP contribution in [0.2, 0.25) is 0 Å². The molecule has 1 aliphatic carbocycles. The van der Waals surface area contributed by atoms with Gasteiger partial charge in [-0.25, -0.2) is 0 Å². The summed E-state index contributed by atoms with van der Waals surface area (Å²) in [7, 11) is 0. The lowest BCUT2D eigenvalue weighted by molar-refractivity contribution is -0.155. The molecule has 0 aromatic carbocycles. The summed E-state index contributed by atoms with van der Waals surface area (Å²) >= 11 is 0. The molecule has 3 rings (SSSR count). The second-order valence-corrected chi connectivity index (χ2v) is 5.12. The summed E-state index contributed by atoms with van der Waals surface area (Å²) in [6, 6.07) is 0. The van der Waals surface area contributed by atoms with Crippen LogP contribution >= 0.6 is 0 Å². The smallest absolute Gasteiger partial charge is 0.321 e. The van der Waals surface area contributed by atoms with Gasteiger partial charge >= 0.3 is 23.9 Å². The van der Waals surface area contributed by atoms with Gasteiger partial charge in [0.2, 0.25) is 0 Å². The first-order chi connectivity index (χ1) is 9.54. The van der Waals surface area contributed by atoms with Gasteiger partial charge in [0.05, 0.1) is 24.7 Å². The number of carbonyl (C=O) groups is 4. The standard InChI is InChI=1S/C14H12O6/c15-11-5-9(13(17)19-11)7-1-2-8(4-3-7)10-6-12(16)20-14(10)18/h1-3,8-10H,4-6H2. The molecule has 0 bridgehead atoms. The van der Waals surface area contributed by atoms with Crippen molar-refractivity contribution in [3.8, 4) is 0 Å². The lowest BCUT2D eigenvalue weighted by atomic mass is 9.82. The Morgan fingerprint density at radius 2 is 1.65 bits per heavy atom. The van der Waals surface area contributed by atoms with Crippen molar-refractivity contribution < 1.29 is 28.7 Å². The molecule has 2 heterocycles. The lowest BCUT2D eigenvalue weighted by Crippen LogP contribution is -2.20. The van der Waals surface area contributed by atoms with Crippen LogP contribution in [0.25, 0.3) is 0 Å². The molecule has 6 nitrogen and oxygen atoms in total. The number of esters is 4. The van der Waals surface area contributed by atoms with E-state index in [1.807, 2.05) is 6.08 Å². The summed E-state index contributed by atoms with van der Waals surface area (Å²) in [5, 5.41) is 0. The molecule has 20 heavy (non-hydrogen) atoms. The van der Waals surface area contributed by atoms with Crippen LogP contribution in [-0.4, -0.2) is 23.9 Å². The van der Waals surface area contributed by atoms with Crippen molar-refractivity contribution in [3.63, 3.8) is 0 Å². The van der Waals surface area contributed by atoms with Gasteiger partial charge in [-0.2, -0.15) is 0 Å². The van der Waals surface area contributed by atoms with E-state index < -0.39 is 35.7 Å². The number of cyclic esters (lactones) is 4. The van der Waals surface area contributed by atoms with Gasteiger partial charge in [-0.1, -0.05) is 18.2 Å². The Morgan fingerprint density at radius 1 is 0.950 bits per heavy atom.